The Balaban J connectivity index is 1.03. The highest BCUT2D eigenvalue weighted by atomic mass is 16.5. The van der Waals surface area contributed by atoms with Crippen molar-refractivity contribution >= 4 is 11.4 Å². The van der Waals surface area contributed by atoms with Gasteiger partial charge in [0.15, 0.2) is 0 Å². The van der Waals surface area contributed by atoms with Crippen LogP contribution in [0.1, 0.15) is 48.8 Å². The third-order valence-electron chi connectivity index (χ3n) is 9.01. The molecule has 0 bridgehead atoms. The third-order valence-corrected chi connectivity index (χ3v) is 9.01. The monoisotopic (exact) mass is 517 g/mol. The number of methoxy groups -OCH3 is 2. The lowest BCUT2D eigenvalue weighted by Crippen LogP contribution is -2.54. The summed E-state index contributed by atoms with van der Waals surface area (Å²) in [5, 5.41) is 7.34. The zero-order valence-electron chi connectivity index (χ0n) is 23.1. The number of likely N-dealkylation sites (tertiary alicyclic amines) is 1. The third kappa shape index (κ3) is 5.56. The molecule has 4 aliphatic rings. The van der Waals surface area contributed by atoms with Crippen LogP contribution >= 0.6 is 0 Å². The molecule has 0 N–H and O–H groups in total. The molecule has 3 saturated heterocycles. The highest BCUT2D eigenvalue weighted by Crippen LogP contribution is 2.29. The summed E-state index contributed by atoms with van der Waals surface area (Å²) in [5.74, 6) is 0.902. The molecular formula is C31H43N5O2. The first kappa shape index (κ1) is 25.7. The second-order valence-corrected chi connectivity index (χ2v) is 11.4. The molecule has 0 aromatic heterocycles. The van der Waals surface area contributed by atoms with Crippen molar-refractivity contribution in [3.05, 3.63) is 59.2 Å². The Morgan fingerprint density at radius 1 is 0.868 bits per heavy atom. The molecule has 2 aromatic carbocycles. The van der Waals surface area contributed by atoms with Crippen LogP contribution in [0.5, 0.6) is 5.75 Å². The van der Waals surface area contributed by atoms with Gasteiger partial charge >= 0.3 is 0 Å². The number of hydrazone groups is 1. The van der Waals surface area contributed by atoms with E-state index in [0.717, 1.165) is 63.1 Å². The van der Waals surface area contributed by atoms with Gasteiger partial charge in [0.05, 0.1) is 26.0 Å². The van der Waals surface area contributed by atoms with Gasteiger partial charge in [-0.05, 0) is 73.7 Å². The minimum atomic E-state index is 0.457. The molecule has 6 rings (SSSR count). The van der Waals surface area contributed by atoms with E-state index < -0.39 is 0 Å². The van der Waals surface area contributed by atoms with Crippen molar-refractivity contribution in [3.63, 3.8) is 0 Å². The Bertz CT molecular complexity index is 1110. The average Bonchev–Trinajstić information content (AvgIpc) is 2.97. The number of piperidine rings is 2. The minimum absolute atomic E-state index is 0.457. The standard InChI is InChI=1S/C31H43N5O2/c1-37-23-31-30-11-10-29(38-2)19-25(30)21-36(32-31)27-12-15-33(16-13-27)20-24-6-8-26(9-7-24)35-18-17-34-14-4-3-5-28(34)22-35/h6-11,19,27-28H,3-5,12-18,20-23H2,1-2H3. The van der Waals surface area contributed by atoms with E-state index >= 15 is 0 Å². The molecule has 7 heteroatoms. The summed E-state index contributed by atoms with van der Waals surface area (Å²) >= 11 is 0. The van der Waals surface area contributed by atoms with Gasteiger partial charge in [-0.3, -0.25) is 14.8 Å². The number of ether oxygens (including phenoxy) is 2. The molecule has 0 aliphatic carbocycles. The summed E-state index contributed by atoms with van der Waals surface area (Å²) in [4.78, 5) is 7.92. The molecule has 3 fully saturated rings. The molecule has 204 valence electrons. The molecule has 38 heavy (non-hydrogen) atoms. The maximum absolute atomic E-state index is 5.49. The molecule has 1 atom stereocenters. The summed E-state index contributed by atoms with van der Waals surface area (Å²) in [6.07, 6.45) is 6.40. The Labute approximate surface area is 228 Å². The predicted octanol–water partition coefficient (Wildman–Crippen LogP) is 4.20. The molecule has 0 radical (unpaired) electrons. The summed E-state index contributed by atoms with van der Waals surface area (Å²) in [6.45, 7) is 9.47. The van der Waals surface area contributed by atoms with Crippen LogP contribution in [0.15, 0.2) is 47.6 Å². The van der Waals surface area contributed by atoms with E-state index in [1.165, 1.54) is 61.3 Å². The lowest BCUT2D eigenvalue weighted by Gasteiger charge is -2.45. The van der Waals surface area contributed by atoms with E-state index in [2.05, 4.69) is 56.1 Å². The SMILES string of the molecule is COCC1=NN(C2CCN(Cc3ccc(N4CCN5CCCCC5C4)cc3)CC2)Cc2cc(OC)ccc21. The Morgan fingerprint density at radius 3 is 2.50 bits per heavy atom. The zero-order valence-corrected chi connectivity index (χ0v) is 23.1. The summed E-state index contributed by atoms with van der Waals surface area (Å²) in [5.41, 5.74) is 6.29. The smallest absolute Gasteiger partial charge is 0.119 e. The van der Waals surface area contributed by atoms with E-state index in [0.29, 0.717) is 12.6 Å². The Hall–Kier alpha value is -2.61. The molecule has 0 saturated carbocycles. The van der Waals surface area contributed by atoms with Crippen molar-refractivity contribution in [1.82, 2.24) is 14.8 Å². The van der Waals surface area contributed by atoms with Gasteiger partial charge in [-0.1, -0.05) is 18.6 Å². The fraction of sp³-hybridized carbons (Fsp3) is 0.581. The van der Waals surface area contributed by atoms with Crippen molar-refractivity contribution in [3.8, 4) is 5.75 Å². The van der Waals surface area contributed by atoms with Crippen molar-refractivity contribution in [2.45, 2.75) is 57.3 Å². The normalized spacial score (nSPS) is 23.1. The van der Waals surface area contributed by atoms with E-state index in [4.69, 9.17) is 14.6 Å². The largest absolute Gasteiger partial charge is 0.497 e. The van der Waals surface area contributed by atoms with Gasteiger partial charge in [0, 0.05) is 69.7 Å². The molecule has 4 aliphatic heterocycles. The molecule has 0 amide bonds. The average molecular weight is 518 g/mol. The van der Waals surface area contributed by atoms with Gasteiger partial charge < -0.3 is 14.4 Å². The number of anilines is 1. The molecular weight excluding hydrogens is 474 g/mol. The first-order valence-electron chi connectivity index (χ1n) is 14.5. The number of nitrogens with zero attached hydrogens (tertiary/aromatic N) is 5. The van der Waals surface area contributed by atoms with E-state index in [1.807, 2.05) is 6.07 Å². The molecule has 4 heterocycles. The first-order chi connectivity index (χ1) is 18.7. The van der Waals surface area contributed by atoms with Crippen LogP contribution in [-0.2, 0) is 17.8 Å². The number of hydrogen-bond donors (Lipinski definition) is 0. The zero-order chi connectivity index (χ0) is 25.9. The van der Waals surface area contributed by atoms with Gasteiger partial charge in [0.1, 0.15) is 5.75 Å². The quantitative estimate of drug-likeness (QED) is 0.549. The van der Waals surface area contributed by atoms with Crippen LogP contribution < -0.4 is 9.64 Å². The minimum Gasteiger partial charge on any atom is -0.497 e. The lowest BCUT2D eigenvalue weighted by atomic mass is 9.98. The van der Waals surface area contributed by atoms with Crippen LogP contribution in [-0.4, -0.2) is 92.7 Å². The summed E-state index contributed by atoms with van der Waals surface area (Å²) in [7, 11) is 3.47. The molecule has 0 spiro atoms. The van der Waals surface area contributed by atoms with E-state index in [-0.39, 0.29) is 0 Å². The maximum Gasteiger partial charge on any atom is 0.119 e. The highest BCUT2D eigenvalue weighted by Gasteiger charge is 2.30. The van der Waals surface area contributed by atoms with E-state index in [9.17, 15) is 0 Å². The topological polar surface area (TPSA) is 43.8 Å². The van der Waals surface area contributed by atoms with Crippen molar-refractivity contribution < 1.29 is 9.47 Å². The van der Waals surface area contributed by atoms with Crippen molar-refractivity contribution in [2.75, 3.05) is 65.0 Å². The van der Waals surface area contributed by atoms with Crippen LogP contribution in [0.3, 0.4) is 0 Å². The number of fused-ring (bicyclic) bond motifs is 2. The van der Waals surface area contributed by atoms with Gasteiger partial charge in [-0.2, -0.15) is 5.10 Å². The molecule has 1 unspecified atom stereocenters. The maximum atomic E-state index is 5.49. The molecule has 7 nitrogen and oxygen atoms in total. The highest BCUT2D eigenvalue weighted by molar-refractivity contribution is 6.03. The summed E-state index contributed by atoms with van der Waals surface area (Å²) in [6, 6.07) is 16.9. The second-order valence-electron chi connectivity index (χ2n) is 11.4. The van der Waals surface area contributed by atoms with Crippen LogP contribution in [0, 0.1) is 0 Å². The number of piperazine rings is 1. The fourth-order valence-electron chi connectivity index (χ4n) is 6.82. The van der Waals surface area contributed by atoms with E-state index in [1.54, 1.807) is 14.2 Å². The van der Waals surface area contributed by atoms with Crippen LogP contribution in [0.25, 0.3) is 0 Å². The predicted molar refractivity (Wildman–Crippen MR) is 153 cm³/mol. The van der Waals surface area contributed by atoms with Gasteiger partial charge in [-0.25, -0.2) is 0 Å². The van der Waals surface area contributed by atoms with Crippen molar-refractivity contribution in [1.29, 1.82) is 0 Å². The lowest BCUT2D eigenvalue weighted by molar-refractivity contribution is 0.0989. The second kappa shape index (κ2) is 11.6. The van der Waals surface area contributed by atoms with Gasteiger partial charge in [0.2, 0.25) is 0 Å². The number of benzene rings is 2. The van der Waals surface area contributed by atoms with Crippen LogP contribution in [0.4, 0.5) is 5.69 Å². The first-order valence-corrected chi connectivity index (χ1v) is 14.5. The molecule has 2 aromatic rings. The Morgan fingerprint density at radius 2 is 1.71 bits per heavy atom. The van der Waals surface area contributed by atoms with Gasteiger partial charge in [0.25, 0.3) is 0 Å². The van der Waals surface area contributed by atoms with Gasteiger partial charge in [-0.15, -0.1) is 0 Å². The summed E-state index contributed by atoms with van der Waals surface area (Å²) < 4.78 is 11.0. The number of hydrogen-bond acceptors (Lipinski definition) is 7. The van der Waals surface area contributed by atoms with Crippen molar-refractivity contribution in [2.24, 2.45) is 5.10 Å². The van der Waals surface area contributed by atoms with Crippen LogP contribution in [0.2, 0.25) is 0 Å². The Kier molecular flexibility index (Phi) is 7.86. The fourth-order valence-corrected chi connectivity index (χ4v) is 6.82. The number of rotatable bonds is 7.